The van der Waals surface area contributed by atoms with Gasteiger partial charge in [-0.05, 0) is 66.1 Å². The highest BCUT2D eigenvalue weighted by molar-refractivity contribution is 5.91. The van der Waals surface area contributed by atoms with Crippen LogP contribution < -0.4 is 9.47 Å². The highest BCUT2D eigenvalue weighted by Gasteiger charge is 2.09. The Kier molecular flexibility index (Phi) is 11.6. The molecule has 0 atom stereocenters. The van der Waals surface area contributed by atoms with Gasteiger partial charge in [0.2, 0.25) is 0 Å². The Morgan fingerprint density at radius 2 is 1.17 bits per heavy atom. The van der Waals surface area contributed by atoms with Crippen LogP contribution in [0.25, 0.3) is 11.1 Å². The van der Waals surface area contributed by atoms with Crippen LogP contribution in [0.5, 0.6) is 11.5 Å². The van der Waals surface area contributed by atoms with Crippen LogP contribution in [0.4, 0.5) is 0 Å². The van der Waals surface area contributed by atoms with E-state index in [0.29, 0.717) is 23.5 Å². The third-order valence-corrected chi connectivity index (χ3v) is 6.27. The van der Waals surface area contributed by atoms with E-state index in [1.54, 1.807) is 36.4 Å². The fourth-order valence-corrected chi connectivity index (χ4v) is 4.09. The largest absolute Gasteiger partial charge is 0.494 e. The maximum atomic E-state index is 12.5. The summed E-state index contributed by atoms with van der Waals surface area (Å²) in [6, 6.07) is 23.9. The molecule has 0 N–H and O–H groups in total. The Morgan fingerprint density at radius 3 is 1.72 bits per heavy atom. The second-order valence-corrected chi connectivity index (χ2v) is 9.16. The zero-order valence-electron chi connectivity index (χ0n) is 21.4. The van der Waals surface area contributed by atoms with Crippen molar-refractivity contribution in [1.29, 1.82) is 5.26 Å². The minimum absolute atomic E-state index is 0.401. The first kappa shape index (κ1) is 27.0. The van der Waals surface area contributed by atoms with Crippen LogP contribution in [0.15, 0.2) is 72.8 Å². The Labute approximate surface area is 215 Å². The van der Waals surface area contributed by atoms with Gasteiger partial charge in [-0.3, -0.25) is 0 Å². The van der Waals surface area contributed by atoms with Gasteiger partial charge in [-0.2, -0.15) is 5.26 Å². The minimum Gasteiger partial charge on any atom is -0.494 e. The first-order valence-electron chi connectivity index (χ1n) is 13.2. The van der Waals surface area contributed by atoms with Gasteiger partial charge in [0.05, 0.1) is 23.8 Å². The van der Waals surface area contributed by atoms with Crippen LogP contribution >= 0.6 is 0 Å². The van der Waals surface area contributed by atoms with Gasteiger partial charge in [0, 0.05) is 0 Å². The highest BCUT2D eigenvalue weighted by Crippen LogP contribution is 2.24. The molecule has 188 valence electrons. The minimum atomic E-state index is -0.401. The lowest BCUT2D eigenvalue weighted by atomic mass is 10.0. The molecule has 0 aliphatic carbocycles. The van der Waals surface area contributed by atoms with Crippen molar-refractivity contribution in [2.45, 2.75) is 71.1 Å². The average molecular weight is 484 g/mol. The average Bonchev–Trinajstić information content (AvgIpc) is 2.92. The zero-order valence-corrected chi connectivity index (χ0v) is 21.4. The van der Waals surface area contributed by atoms with Crippen LogP contribution in [-0.2, 0) is 0 Å². The van der Waals surface area contributed by atoms with E-state index in [4.69, 9.17) is 14.7 Å². The third kappa shape index (κ3) is 9.23. The predicted molar refractivity (Wildman–Crippen MR) is 145 cm³/mol. The maximum absolute atomic E-state index is 12.5. The van der Waals surface area contributed by atoms with Gasteiger partial charge in [0.15, 0.2) is 0 Å². The normalized spacial score (nSPS) is 10.6. The Bertz CT molecular complexity index is 1080. The molecule has 0 radical (unpaired) electrons. The molecule has 4 nitrogen and oxygen atoms in total. The van der Waals surface area contributed by atoms with Crippen molar-refractivity contribution in [3.05, 3.63) is 83.9 Å². The fraction of sp³-hybridized carbons (Fsp3) is 0.375. The SMILES string of the molecule is CCCCCCCCCCCCOc1ccc(C(=O)Oc2ccc(-c3ccc(C#N)cc3)cc2)cc1. The van der Waals surface area contributed by atoms with E-state index < -0.39 is 5.97 Å². The zero-order chi connectivity index (χ0) is 25.4. The Balaban J connectivity index is 1.34. The highest BCUT2D eigenvalue weighted by atomic mass is 16.5. The summed E-state index contributed by atoms with van der Waals surface area (Å²) in [5, 5.41) is 8.93. The van der Waals surface area contributed by atoms with Gasteiger partial charge in [-0.15, -0.1) is 0 Å². The van der Waals surface area contributed by atoms with Crippen LogP contribution in [0, 0.1) is 11.3 Å². The molecule has 0 bridgehead atoms. The molecule has 0 saturated heterocycles. The number of carbonyl (C=O) groups excluding carboxylic acids is 1. The monoisotopic (exact) mass is 483 g/mol. The summed E-state index contributed by atoms with van der Waals surface area (Å²) >= 11 is 0. The van der Waals surface area contributed by atoms with Gasteiger partial charge in [0.1, 0.15) is 11.5 Å². The molecule has 3 aromatic carbocycles. The number of nitrogens with zero attached hydrogens (tertiary/aromatic N) is 1. The molecule has 0 aliphatic rings. The molecule has 3 aromatic rings. The van der Waals surface area contributed by atoms with Crippen LogP contribution in [-0.4, -0.2) is 12.6 Å². The topological polar surface area (TPSA) is 59.3 Å². The third-order valence-electron chi connectivity index (χ3n) is 6.27. The van der Waals surface area contributed by atoms with Gasteiger partial charge < -0.3 is 9.47 Å². The van der Waals surface area contributed by atoms with Crippen molar-refractivity contribution < 1.29 is 14.3 Å². The number of ether oxygens (including phenoxy) is 2. The first-order valence-corrected chi connectivity index (χ1v) is 13.2. The van der Waals surface area contributed by atoms with Gasteiger partial charge in [-0.1, -0.05) is 89.0 Å². The fourth-order valence-electron chi connectivity index (χ4n) is 4.09. The maximum Gasteiger partial charge on any atom is 0.343 e. The summed E-state index contributed by atoms with van der Waals surface area (Å²) in [6.07, 6.45) is 13.0. The Hall–Kier alpha value is -3.58. The van der Waals surface area contributed by atoms with Crippen molar-refractivity contribution in [2.24, 2.45) is 0 Å². The molecular weight excluding hydrogens is 446 g/mol. The van der Waals surface area contributed by atoms with Gasteiger partial charge in [0.25, 0.3) is 0 Å². The van der Waals surface area contributed by atoms with E-state index in [-0.39, 0.29) is 0 Å². The van der Waals surface area contributed by atoms with Crippen LogP contribution in [0.3, 0.4) is 0 Å². The van der Waals surface area contributed by atoms with Crippen molar-refractivity contribution in [2.75, 3.05) is 6.61 Å². The summed E-state index contributed by atoms with van der Waals surface area (Å²) in [4.78, 5) is 12.5. The summed E-state index contributed by atoms with van der Waals surface area (Å²) in [5.74, 6) is 0.857. The quantitative estimate of drug-likeness (QED) is 0.123. The number of hydrogen-bond acceptors (Lipinski definition) is 4. The molecule has 0 unspecified atom stereocenters. The number of benzene rings is 3. The van der Waals surface area contributed by atoms with Crippen molar-refractivity contribution >= 4 is 5.97 Å². The number of rotatable bonds is 15. The molecular formula is C32H37NO3. The summed E-state index contributed by atoms with van der Waals surface area (Å²) in [5.41, 5.74) is 3.10. The summed E-state index contributed by atoms with van der Waals surface area (Å²) in [6.45, 7) is 2.96. The number of carbonyl (C=O) groups is 1. The second-order valence-electron chi connectivity index (χ2n) is 9.16. The Morgan fingerprint density at radius 1 is 0.667 bits per heavy atom. The first-order chi connectivity index (χ1) is 17.7. The molecule has 0 aliphatic heterocycles. The molecule has 4 heteroatoms. The predicted octanol–water partition coefficient (Wildman–Crippen LogP) is 8.74. The van der Waals surface area contributed by atoms with E-state index in [1.165, 1.54) is 57.8 Å². The van der Waals surface area contributed by atoms with Crippen molar-refractivity contribution in [3.63, 3.8) is 0 Å². The lowest BCUT2D eigenvalue weighted by molar-refractivity contribution is 0.0734. The molecule has 0 spiro atoms. The van der Waals surface area contributed by atoms with Crippen LogP contribution in [0.2, 0.25) is 0 Å². The van der Waals surface area contributed by atoms with E-state index in [9.17, 15) is 4.79 Å². The lowest BCUT2D eigenvalue weighted by Crippen LogP contribution is -2.08. The molecule has 0 fully saturated rings. The van der Waals surface area contributed by atoms with Crippen molar-refractivity contribution in [1.82, 2.24) is 0 Å². The van der Waals surface area contributed by atoms with E-state index in [0.717, 1.165) is 23.3 Å². The summed E-state index contributed by atoms with van der Waals surface area (Å²) in [7, 11) is 0. The second kappa shape index (κ2) is 15.4. The van der Waals surface area contributed by atoms with E-state index in [2.05, 4.69) is 13.0 Å². The van der Waals surface area contributed by atoms with Gasteiger partial charge in [-0.25, -0.2) is 4.79 Å². The number of hydrogen-bond donors (Lipinski definition) is 0. The smallest absolute Gasteiger partial charge is 0.343 e. The van der Waals surface area contributed by atoms with Crippen LogP contribution in [0.1, 0.15) is 87.1 Å². The number of nitriles is 1. The number of unbranched alkanes of at least 4 members (excludes halogenated alkanes) is 9. The van der Waals surface area contributed by atoms with Crippen molar-refractivity contribution in [3.8, 4) is 28.7 Å². The standard InChI is InChI=1S/C32H37NO3/c1-2-3-4-5-6-7-8-9-10-11-24-35-30-20-18-29(19-21-30)32(34)36-31-22-16-28(17-23-31)27-14-12-26(25-33)13-15-27/h12-23H,2-11,24H2,1H3. The number of esters is 1. The van der Waals surface area contributed by atoms with E-state index in [1.807, 2.05) is 36.4 Å². The molecule has 36 heavy (non-hydrogen) atoms. The molecule has 0 amide bonds. The molecule has 0 aromatic heterocycles. The lowest BCUT2D eigenvalue weighted by Gasteiger charge is -2.08. The van der Waals surface area contributed by atoms with Gasteiger partial charge >= 0.3 is 5.97 Å². The van der Waals surface area contributed by atoms with E-state index >= 15 is 0 Å². The summed E-state index contributed by atoms with van der Waals surface area (Å²) < 4.78 is 11.3. The molecule has 0 saturated carbocycles. The molecule has 0 heterocycles. The molecule has 3 rings (SSSR count).